The smallest absolute Gasteiger partial charge is 0.393 e. The Labute approximate surface area is 203 Å². The van der Waals surface area contributed by atoms with Crippen LogP contribution in [-0.2, 0) is 11.0 Å². The van der Waals surface area contributed by atoms with Gasteiger partial charge in [-0.05, 0) is 93.2 Å². The molecule has 0 aromatic heterocycles. The number of anilines is 2. The number of nitrogens with zero attached hydrogens (tertiary/aromatic N) is 2. The molecule has 4 rings (SSSR count). The Hall–Kier alpha value is -2.27. The van der Waals surface area contributed by atoms with Gasteiger partial charge in [-0.1, -0.05) is 0 Å². The average Bonchev–Trinajstić information content (AvgIpc) is 3.31. The van der Waals surface area contributed by atoms with Gasteiger partial charge < -0.3 is 21.1 Å². The van der Waals surface area contributed by atoms with Gasteiger partial charge >= 0.3 is 6.18 Å². The van der Waals surface area contributed by atoms with Gasteiger partial charge in [0.05, 0.1) is 11.7 Å². The van der Waals surface area contributed by atoms with Gasteiger partial charge in [-0.25, -0.2) is 4.31 Å². The van der Waals surface area contributed by atoms with Crippen molar-refractivity contribution >= 4 is 29.7 Å². The molecule has 4 N–H and O–H groups in total. The van der Waals surface area contributed by atoms with Gasteiger partial charge in [0.2, 0.25) is 6.41 Å². The standard InChI is InChI=1S/C17H17F3N2S.C6H13NO.CH3NO/c18-17(19,20)13-3-5-14(6-4-13)21-15-7-9-16(10-8-15)23-22-11-1-2-12-22;1-7-4-2-6(8)3-5-7;2-1-3/h3-10,21H,1-2,11-12H2;6,8H,2-5H2,1H3;1H,(H2,2,3). The minimum Gasteiger partial charge on any atom is -0.393 e. The number of nitrogens with two attached hydrogens (primary N) is 1. The van der Waals surface area contributed by atoms with Gasteiger partial charge in [-0.3, -0.25) is 4.79 Å². The van der Waals surface area contributed by atoms with Crippen molar-refractivity contribution in [3.8, 4) is 0 Å². The van der Waals surface area contributed by atoms with Gasteiger partial charge in [0, 0.05) is 42.4 Å². The number of aliphatic hydroxyl groups excluding tert-OH is 1. The number of hydrogen-bond donors (Lipinski definition) is 3. The van der Waals surface area contributed by atoms with Gasteiger partial charge in [0.25, 0.3) is 0 Å². The number of amides is 1. The van der Waals surface area contributed by atoms with Crippen molar-refractivity contribution in [3.63, 3.8) is 0 Å². The molecule has 1 amide bonds. The molecule has 0 bridgehead atoms. The fourth-order valence-corrected chi connectivity index (χ4v) is 4.43. The molecule has 6 nitrogen and oxygen atoms in total. The number of halogens is 3. The molecule has 2 fully saturated rings. The van der Waals surface area contributed by atoms with Crippen molar-refractivity contribution in [1.29, 1.82) is 0 Å². The van der Waals surface area contributed by atoms with Crippen LogP contribution in [0.2, 0.25) is 0 Å². The summed E-state index contributed by atoms with van der Waals surface area (Å²) >= 11 is 1.75. The molecule has 2 aliphatic heterocycles. The monoisotopic (exact) mass is 498 g/mol. The summed E-state index contributed by atoms with van der Waals surface area (Å²) in [7, 11) is 2.09. The fourth-order valence-electron chi connectivity index (χ4n) is 3.43. The van der Waals surface area contributed by atoms with E-state index < -0.39 is 11.7 Å². The minimum atomic E-state index is -4.30. The van der Waals surface area contributed by atoms with E-state index in [9.17, 15) is 13.2 Å². The zero-order chi connectivity index (χ0) is 25.0. The molecular formula is C24H33F3N4O2S. The number of rotatable bonds is 4. The van der Waals surface area contributed by atoms with Gasteiger partial charge in [-0.2, -0.15) is 13.2 Å². The lowest BCUT2D eigenvalue weighted by atomic mass is 10.1. The lowest BCUT2D eigenvalue weighted by Crippen LogP contribution is -2.32. The van der Waals surface area contributed by atoms with E-state index in [4.69, 9.17) is 9.90 Å². The molecule has 0 radical (unpaired) electrons. The van der Waals surface area contributed by atoms with Crippen LogP contribution in [0.4, 0.5) is 24.5 Å². The molecule has 2 aromatic rings. The van der Waals surface area contributed by atoms with E-state index in [0.717, 1.165) is 56.8 Å². The largest absolute Gasteiger partial charge is 0.416 e. The van der Waals surface area contributed by atoms with Crippen LogP contribution in [0.3, 0.4) is 0 Å². The van der Waals surface area contributed by atoms with Crippen molar-refractivity contribution in [2.24, 2.45) is 5.73 Å². The first kappa shape index (κ1) is 28.0. The topological polar surface area (TPSA) is 81.8 Å². The Morgan fingerprint density at radius 3 is 1.88 bits per heavy atom. The third-order valence-corrected chi connectivity index (χ3v) is 6.45. The Morgan fingerprint density at radius 1 is 0.971 bits per heavy atom. The predicted octanol–water partition coefficient (Wildman–Crippen LogP) is 4.73. The number of nitrogens with one attached hydrogen (secondary N) is 1. The van der Waals surface area contributed by atoms with Crippen molar-refractivity contribution < 1.29 is 23.1 Å². The van der Waals surface area contributed by atoms with E-state index in [1.54, 1.807) is 11.9 Å². The second kappa shape index (κ2) is 14.2. The Kier molecular flexibility index (Phi) is 11.7. The minimum absolute atomic E-state index is 0.0220. The molecule has 0 saturated carbocycles. The molecule has 0 spiro atoms. The molecule has 2 aromatic carbocycles. The maximum atomic E-state index is 12.5. The van der Waals surface area contributed by atoms with Crippen molar-refractivity contribution in [2.45, 2.75) is 42.9 Å². The highest BCUT2D eigenvalue weighted by Crippen LogP contribution is 2.31. The van der Waals surface area contributed by atoms with E-state index in [1.165, 1.54) is 29.9 Å². The number of primary amides is 1. The second-order valence-electron chi connectivity index (χ2n) is 8.12. The highest BCUT2D eigenvalue weighted by atomic mass is 32.2. The number of benzene rings is 2. The number of alkyl halides is 3. The Balaban J connectivity index is 0.000000309. The first-order chi connectivity index (χ1) is 16.2. The lowest BCUT2D eigenvalue weighted by molar-refractivity contribution is -0.137. The zero-order valence-corrected chi connectivity index (χ0v) is 20.1. The number of carbonyl (C=O) groups excluding carboxylic acids is 1. The fraction of sp³-hybridized carbons (Fsp3) is 0.458. The van der Waals surface area contributed by atoms with E-state index in [0.29, 0.717) is 5.69 Å². The van der Waals surface area contributed by atoms with Gasteiger partial charge in [0.1, 0.15) is 0 Å². The molecule has 2 heterocycles. The number of likely N-dealkylation sites (tertiary alicyclic amines) is 1. The zero-order valence-electron chi connectivity index (χ0n) is 19.3. The van der Waals surface area contributed by atoms with E-state index >= 15 is 0 Å². The molecule has 0 unspecified atom stereocenters. The number of piperidine rings is 1. The van der Waals surface area contributed by atoms with Crippen LogP contribution >= 0.6 is 11.9 Å². The molecular weight excluding hydrogens is 465 g/mol. The summed E-state index contributed by atoms with van der Waals surface area (Å²) in [4.78, 5) is 12.0. The van der Waals surface area contributed by atoms with Crippen LogP contribution in [-0.4, -0.2) is 60.1 Å². The maximum Gasteiger partial charge on any atom is 0.416 e. The molecule has 0 aliphatic carbocycles. The van der Waals surface area contributed by atoms with Gasteiger partial charge in [0.15, 0.2) is 0 Å². The summed E-state index contributed by atoms with van der Waals surface area (Å²) in [6.45, 7) is 4.36. The van der Waals surface area contributed by atoms with Crippen molar-refractivity contribution in [3.05, 3.63) is 54.1 Å². The van der Waals surface area contributed by atoms with E-state index in [-0.39, 0.29) is 12.5 Å². The van der Waals surface area contributed by atoms with Crippen LogP contribution < -0.4 is 11.1 Å². The SMILES string of the molecule is CN1CCC(O)CC1.FC(F)(F)c1ccc(Nc2ccc(SN3CCCC3)cc2)cc1.NC=O. The van der Waals surface area contributed by atoms with E-state index in [1.807, 2.05) is 24.3 Å². The van der Waals surface area contributed by atoms with E-state index in [2.05, 4.69) is 27.3 Å². The molecule has 2 saturated heterocycles. The van der Waals surface area contributed by atoms with Crippen LogP contribution in [0.15, 0.2) is 53.4 Å². The number of hydrogen-bond acceptors (Lipinski definition) is 6. The second-order valence-corrected chi connectivity index (χ2v) is 9.29. The Bertz CT molecular complexity index is 827. The third-order valence-electron chi connectivity index (χ3n) is 5.34. The molecule has 10 heteroatoms. The van der Waals surface area contributed by atoms with Crippen molar-refractivity contribution in [1.82, 2.24) is 9.21 Å². The number of carbonyl (C=O) groups is 1. The van der Waals surface area contributed by atoms with Crippen molar-refractivity contribution in [2.75, 3.05) is 38.5 Å². The summed E-state index contributed by atoms with van der Waals surface area (Å²) < 4.78 is 39.9. The van der Waals surface area contributed by atoms with Crippen LogP contribution in [0, 0.1) is 0 Å². The Morgan fingerprint density at radius 2 is 1.44 bits per heavy atom. The molecule has 0 atom stereocenters. The normalized spacial score (nSPS) is 17.2. The highest BCUT2D eigenvalue weighted by Gasteiger charge is 2.29. The molecule has 188 valence electrons. The number of aliphatic hydroxyl groups is 1. The van der Waals surface area contributed by atoms with Crippen LogP contribution in [0.1, 0.15) is 31.2 Å². The van der Waals surface area contributed by atoms with Crippen LogP contribution in [0.25, 0.3) is 0 Å². The summed E-state index contributed by atoms with van der Waals surface area (Å²) in [6.07, 6.45) is 0.340. The maximum absolute atomic E-state index is 12.5. The summed E-state index contributed by atoms with van der Waals surface area (Å²) in [5.74, 6) is 0. The molecule has 34 heavy (non-hydrogen) atoms. The summed E-state index contributed by atoms with van der Waals surface area (Å²) in [5.41, 5.74) is 5.02. The predicted molar refractivity (Wildman–Crippen MR) is 131 cm³/mol. The van der Waals surface area contributed by atoms with Gasteiger partial charge in [-0.15, -0.1) is 0 Å². The third kappa shape index (κ3) is 10.3. The van der Waals surface area contributed by atoms with Crippen LogP contribution in [0.5, 0.6) is 0 Å². The first-order valence-electron chi connectivity index (χ1n) is 11.2. The summed E-state index contributed by atoms with van der Waals surface area (Å²) in [6, 6.07) is 13.0. The lowest BCUT2D eigenvalue weighted by Gasteiger charge is -2.25. The summed E-state index contributed by atoms with van der Waals surface area (Å²) in [5, 5.41) is 12.1. The molecule has 2 aliphatic rings. The highest BCUT2D eigenvalue weighted by molar-refractivity contribution is 7.97. The quantitative estimate of drug-likeness (QED) is 0.418. The average molecular weight is 499 g/mol. The first-order valence-corrected chi connectivity index (χ1v) is 12.0.